The Morgan fingerprint density at radius 2 is 1.14 bits per heavy atom. The molecule has 0 amide bonds. The summed E-state index contributed by atoms with van der Waals surface area (Å²) in [6, 6.07) is 15.1. The van der Waals surface area contributed by atoms with Crippen molar-refractivity contribution in [2.45, 2.75) is 16.2 Å². The van der Waals surface area contributed by atoms with E-state index in [4.69, 9.17) is 10.8 Å². The van der Waals surface area contributed by atoms with Gasteiger partial charge >= 0.3 is 11.4 Å². The minimum atomic E-state index is 0.611. The van der Waals surface area contributed by atoms with E-state index in [0.717, 1.165) is 27.7 Å². The van der Waals surface area contributed by atoms with E-state index in [1.165, 1.54) is 0 Å². The molecule has 0 saturated carbocycles. The van der Waals surface area contributed by atoms with Gasteiger partial charge < -0.3 is 0 Å². The topological polar surface area (TPSA) is 56.3 Å². The first-order valence-corrected chi connectivity index (χ1v) is 8.46. The number of thioether (sulfide) groups is 2. The third-order valence-corrected chi connectivity index (χ3v) is 5.05. The molecule has 6 heteroatoms. The van der Waals surface area contributed by atoms with Gasteiger partial charge in [-0.2, -0.15) is 0 Å². The van der Waals surface area contributed by atoms with Crippen LogP contribution in [0.1, 0.15) is 6.42 Å². The van der Waals surface area contributed by atoms with Crippen LogP contribution in [0.15, 0.2) is 58.3 Å². The van der Waals surface area contributed by atoms with Crippen molar-refractivity contribution < 1.29 is 0 Å². The van der Waals surface area contributed by atoms with Gasteiger partial charge in [-0.25, -0.2) is 0 Å². The molecule has 0 unspecified atom stereocenters. The summed E-state index contributed by atoms with van der Waals surface area (Å²) in [5, 5.41) is 17.8. The quantitative estimate of drug-likeness (QED) is 0.376. The van der Waals surface area contributed by atoms with Crippen molar-refractivity contribution >= 4 is 34.9 Å². The van der Waals surface area contributed by atoms with E-state index in [-0.39, 0.29) is 0 Å². The summed E-state index contributed by atoms with van der Waals surface area (Å²) in [7, 11) is 0. The molecule has 2 aromatic rings. The molecule has 0 aliphatic rings. The van der Waals surface area contributed by atoms with Crippen molar-refractivity contribution in [3.05, 3.63) is 58.5 Å². The Bertz CT molecular complexity index is 629. The maximum atomic E-state index is 8.90. The van der Waals surface area contributed by atoms with Gasteiger partial charge in [0.05, 0.1) is 0 Å². The molecule has 104 valence electrons. The molecule has 0 heterocycles. The van der Waals surface area contributed by atoms with Gasteiger partial charge in [0.2, 0.25) is 10.8 Å². The fourth-order valence-electron chi connectivity index (χ4n) is 1.75. The van der Waals surface area contributed by atoms with E-state index in [2.05, 4.69) is 9.95 Å². The maximum absolute atomic E-state index is 8.90. The van der Waals surface area contributed by atoms with Gasteiger partial charge in [0.15, 0.2) is 9.95 Å². The Morgan fingerprint density at radius 3 is 1.57 bits per heavy atom. The molecule has 0 saturated heterocycles. The van der Waals surface area contributed by atoms with Gasteiger partial charge in [-0.3, -0.25) is 0 Å². The van der Waals surface area contributed by atoms with Crippen LogP contribution < -0.4 is 0 Å². The van der Waals surface area contributed by atoms with Crippen molar-refractivity contribution in [3.63, 3.8) is 0 Å². The third kappa shape index (κ3) is 4.49. The molecule has 0 spiro atoms. The largest absolute Gasteiger partial charge is 0.398 e. The molecule has 0 N–H and O–H groups in total. The van der Waals surface area contributed by atoms with Crippen LogP contribution in [-0.4, -0.2) is 11.5 Å². The first kappa shape index (κ1) is 15.4. The average Bonchev–Trinajstić information content (AvgIpc) is 2.55. The van der Waals surface area contributed by atoms with Crippen LogP contribution in [0.3, 0.4) is 0 Å². The Labute approximate surface area is 132 Å². The van der Waals surface area contributed by atoms with Crippen LogP contribution in [0.25, 0.3) is 9.95 Å². The Morgan fingerprint density at radius 1 is 0.714 bits per heavy atom. The third-order valence-electron chi connectivity index (χ3n) is 2.75. The zero-order valence-electron chi connectivity index (χ0n) is 11.3. The number of hydrogen-bond donors (Lipinski definition) is 0. The molecule has 0 atom stereocenters. The van der Waals surface area contributed by atoms with Crippen LogP contribution >= 0.6 is 23.5 Å². The molecule has 0 aliphatic heterocycles. The van der Waals surface area contributed by atoms with Crippen molar-refractivity contribution in [2.75, 3.05) is 11.5 Å². The molecular formula is C15H14N4S2+2. The van der Waals surface area contributed by atoms with E-state index < -0.39 is 0 Å². The van der Waals surface area contributed by atoms with Crippen molar-refractivity contribution in [1.82, 2.24) is 0 Å². The van der Waals surface area contributed by atoms with E-state index in [1.54, 1.807) is 35.7 Å². The lowest BCUT2D eigenvalue weighted by Crippen LogP contribution is -1.84. The summed E-state index contributed by atoms with van der Waals surface area (Å²) >= 11 is 3.35. The summed E-state index contributed by atoms with van der Waals surface area (Å²) in [5.41, 5.74) is 1.22. The van der Waals surface area contributed by atoms with Crippen molar-refractivity contribution in [1.29, 1.82) is 10.8 Å². The Kier molecular flexibility index (Phi) is 6.08. The van der Waals surface area contributed by atoms with E-state index >= 15 is 0 Å². The highest BCUT2D eigenvalue weighted by molar-refractivity contribution is 8.00. The zero-order chi connectivity index (χ0) is 14.9. The van der Waals surface area contributed by atoms with Crippen LogP contribution in [0.2, 0.25) is 0 Å². The normalized spacial score (nSPS) is 9.81. The molecule has 21 heavy (non-hydrogen) atoms. The van der Waals surface area contributed by atoms with Gasteiger partial charge in [0, 0.05) is 12.1 Å². The Balaban J connectivity index is 1.78. The molecule has 0 aromatic heterocycles. The van der Waals surface area contributed by atoms with Crippen molar-refractivity contribution in [2.24, 2.45) is 0 Å². The lowest BCUT2D eigenvalue weighted by molar-refractivity contribution is 1.12. The predicted octanol–water partition coefficient (Wildman–Crippen LogP) is 5.93. The summed E-state index contributed by atoms with van der Waals surface area (Å²) in [6.45, 7) is 0. The Hall–Kier alpha value is -2.02. The van der Waals surface area contributed by atoms with E-state index in [1.807, 2.05) is 36.4 Å². The number of nitrogens with zero attached hydrogens (tertiary/aromatic N) is 4. The van der Waals surface area contributed by atoms with Gasteiger partial charge in [0.25, 0.3) is 0 Å². The molecule has 4 nitrogen and oxygen atoms in total. The second kappa shape index (κ2) is 8.31. The summed E-state index contributed by atoms with van der Waals surface area (Å²) in [4.78, 5) is 8.51. The van der Waals surface area contributed by atoms with Crippen LogP contribution in [0, 0.1) is 10.8 Å². The molecule has 0 bridgehead atoms. The van der Waals surface area contributed by atoms with Gasteiger partial charge in [-0.15, -0.1) is 23.5 Å². The molecule has 0 aliphatic carbocycles. The lowest BCUT2D eigenvalue weighted by atomic mass is 10.3. The second-order valence-corrected chi connectivity index (χ2v) is 6.46. The maximum Gasteiger partial charge on any atom is 0.398 e. The van der Waals surface area contributed by atoms with E-state index in [9.17, 15) is 0 Å². The SMILES string of the molecule is N#[N+]c1ccccc1SCCCSc1ccccc1[N+]#N. The molecule has 0 fully saturated rings. The molecule has 0 radical (unpaired) electrons. The molecule has 2 aromatic carbocycles. The minimum absolute atomic E-state index is 0.611. The first-order valence-electron chi connectivity index (χ1n) is 6.49. The van der Waals surface area contributed by atoms with E-state index in [0.29, 0.717) is 11.4 Å². The fourth-order valence-corrected chi connectivity index (χ4v) is 3.81. The number of rotatable bonds is 6. The summed E-state index contributed by atoms with van der Waals surface area (Å²) in [5.74, 6) is 1.88. The number of benzene rings is 2. The molecular weight excluding hydrogens is 300 g/mol. The number of diazo groups is 2. The summed E-state index contributed by atoms with van der Waals surface area (Å²) in [6.07, 6.45) is 1.01. The van der Waals surface area contributed by atoms with Gasteiger partial charge in [0.1, 0.15) is 9.79 Å². The standard InChI is InChI=1S/C15H14N4S2/c16-18-12-6-1-3-8-14(12)20-10-5-11-21-15-9-4-2-7-13(15)19-17/h1-4,6-9H,5,10-11H2/q+2. The fraction of sp³-hybridized carbons (Fsp3) is 0.200. The van der Waals surface area contributed by atoms with Crippen LogP contribution in [0.5, 0.6) is 0 Å². The minimum Gasteiger partial charge on any atom is -0.118 e. The van der Waals surface area contributed by atoms with Crippen LogP contribution in [-0.2, 0) is 0 Å². The highest BCUT2D eigenvalue weighted by Crippen LogP contribution is 2.32. The smallest absolute Gasteiger partial charge is 0.118 e. The number of hydrogen-bond acceptors (Lipinski definition) is 4. The molecule has 2 rings (SSSR count). The predicted molar refractivity (Wildman–Crippen MR) is 88.4 cm³/mol. The zero-order valence-corrected chi connectivity index (χ0v) is 13.0. The highest BCUT2D eigenvalue weighted by Gasteiger charge is 2.13. The first-order chi connectivity index (χ1) is 10.3. The second-order valence-electron chi connectivity index (χ2n) is 4.19. The highest BCUT2D eigenvalue weighted by atomic mass is 32.2. The van der Waals surface area contributed by atoms with Gasteiger partial charge in [-0.05, 0) is 30.1 Å². The van der Waals surface area contributed by atoms with Crippen LogP contribution in [0.4, 0.5) is 11.4 Å². The average molecular weight is 314 g/mol. The van der Waals surface area contributed by atoms with Crippen molar-refractivity contribution in [3.8, 4) is 0 Å². The monoisotopic (exact) mass is 314 g/mol. The lowest BCUT2D eigenvalue weighted by Gasteiger charge is -2.00. The summed E-state index contributed by atoms with van der Waals surface area (Å²) < 4.78 is 0. The van der Waals surface area contributed by atoms with Gasteiger partial charge in [-0.1, -0.05) is 24.3 Å².